The molecule has 5 rings (SSSR count). The summed E-state index contributed by atoms with van der Waals surface area (Å²) in [5.74, 6) is -1.41. The Labute approximate surface area is 215 Å². The molecule has 0 saturated heterocycles. The lowest BCUT2D eigenvalue weighted by Crippen LogP contribution is -2.31. The van der Waals surface area contributed by atoms with Gasteiger partial charge < -0.3 is 20.3 Å². The number of carbonyl (C=O) groups excluding carboxylic acids is 1. The van der Waals surface area contributed by atoms with Gasteiger partial charge in [0.2, 0.25) is 5.43 Å². The average molecular weight is 508 g/mol. The SMILES string of the molecule is O=C(O)CCCNC(=O)c1cn(C2CCCC2)c2cc(NCC3CC3)c(F)cc2c1=O.c1ccccc1. The molecule has 0 spiro atoms. The predicted molar refractivity (Wildman–Crippen MR) is 143 cm³/mol. The first-order valence-corrected chi connectivity index (χ1v) is 13.1. The molecule has 196 valence electrons. The summed E-state index contributed by atoms with van der Waals surface area (Å²) in [6.45, 7) is 0.872. The quantitative estimate of drug-likeness (QED) is 0.339. The van der Waals surface area contributed by atoms with Gasteiger partial charge in [-0.15, -0.1) is 0 Å². The lowest BCUT2D eigenvalue weighted by atomic mass is 10.1. The Kier molecular flexibility index (Phi) is 8.93. The molecule has 2 fully saturated rings. The molecule has 0 radical (unpaired) electrons. The summed E-state index contributed by atoms with van der Waals surface area (Å²) in [5, 5.41) is 14.7. The van der Waals surface area contributed by atoms with Gasteiger partial charge in [0.05, 0.1) is 11.2 Å². The van der Waals surface area contributed by atoms with Crippen LogP contribution in [-0.2, 0) is 4.79 Å². The topological polar surface area (TPSA) is 100 Å². The number of rotatable bonds is 9. The zero-order valence-corrected chi connectivity index (χ0v) is 20.9. The Bertz CT molecular complexity index is 1260. The summed E-state index contributed by atoms with van der Waals surface area (Å²) in [7, 11) is 0. The molecule has 3 N–H and O–H groups in total. The van der Waals surface area contributed by atoms with Crippen LogP contribution in [0.1, 0.15) is 67.8 Å². The summed E-state index contributed by atoms with van der Waals surface area (Å²) < 4.78 is 16.7. The van der Waals surface area contributed by atoms with Crippen LogP contribution in [-0.4, -0.2) is 34.6 Å². The van der Waals surface area contributed by atoms with Crippen molar-refractivity contribution in [3.05, 3.63) is 76.3 Å². The fourth-order valence-corrected chi connectivity index (χ4v) is 4.65. The van der Waals surface area contributed by atoms with Crippen molar-refractivity contribution < 1.29 is 19.1 Å². The third kappa shape index (κ3) is 7.18. The van der Waals surface area contributed by atoms with Gasteiger partial charge in [-0.25, -0.2) is 4.39 Å². The molecule has 0 unspecified atom stereocenters. The molecule has 2 saturated carbocycles. The molecule has 37 heavy (non-hydrogen) atoms. The molecule has 8 heteroatoms. The van der Waals surface area contributed by atoms with E-state index in [0.29, 0.717) is 23.7 Å². The molecule has 3 aromatic rings. The van der Waals surface area contributed by atoms with Gasteiger partial charge >= 0.3 is 5.97 Å². The molecule has 0 atom stereocenters. The molecule has 7 nitrogen and oxygen atoms in total. The largest absolute Gasteiger partial charge is 0.481 e. The summed E-state index contributed by atoms with van der Waals surface area (Å²) in [5.41, 5.74) is 0.482. The van der Waals surface area contributed by atoms with Crippen molar-refractivity contribution in [1.29, 1.82) is 0 Å². The zero-order valence-electron chi connectivity index (χ0n) is 20.9. The molecule has 1 amide bonds. The fourth-order valence-electron chi connectivity index (χ4n) is 4.65. The monoisotopic (exact) mass is 507 g/mol. The summed E-state index contributed by atoms with van der Waals surface area (Å²) in [4.78, 5) is 36.4. The van der Waals surface area contributed by atoms with E-state index in [1.165, 1.54) is 6.07 Å². The van der Waals surface area contributed by atoms with E-state index in [1.54, 1.807) is 12.3 Å². The maximum Gasteiger partial charge on any atom is 0.303 e. The average Bonchev–Trinajstić information content (AvgIpc) is 3.58. The van der Waals surface area contributed by atoms with E-state index in [-0.39, 0.29) is 36.4 Å². The first kappa shape index (κ1) is 26.4. The Morgan fingerprint density at radius 2 is 1.65 bits per heavy atom. The molecule has 2 aromatic carbocycles. The van der Waals surface area contributed by atoms with E-state index in [0.717, 1.165) is 38.5 Å². The van der Waals surface area contributed by atoms with Gasteiger partial charge in [-0.2, -0.15) is 0 Å². The molecule has 0 aliphatic heterocycles. The lowest BCUT2D eigenvalue weighted by Gasteiger charge is -2.20. The minimum absolute atomic E-state index is 0.0344. The number of nitrogens with zero attached hydrogens (tertiary/aromatic N) is 1. The van der Waals surface area contributed by atoms with Gasteiger partial charge in [0, 0.05) is 37.1 Å². The number of amides is 1. The summed E-state index contributed by atoms with van der Waals surface area (Å²) in [6.07, 6.45) is 8.14. The highest BCUT2D eigenvalue weighted by Gasteiger charge is 2.24. The van der Waals surface area contributed by atoms with E-state index in [4.69, 9.17) is 5.11 Å². The third-order valence-electron chi connectivity index (χ3n) is 6.88. The number of halogens is 1. The van der Waals surface area contributed by atoms with Crippen molar-refractivity contribution in [3.8, 4) is 0 Å². The first-order chi connectivity index (χ1) is 17.9. The minimum atomic E-state index is -0.940. The van der Waals surface area contributed by atoms with E-state index >= 15 is 0 Å². The van der Waals surface area contributed by atoms with Crippen LogP contribution in [0.2, 0.25) is 0 Å². The van der Waals surface area contributed by atoms with Gasteiger partial charge in [0.1, 0.15) is 11.4 Å². The highest BCUT2D eigenvalue weighted by Crippen LogP contribution is 2.34. The number of carboxylic acids is 1. The smallest absolute Gasteiger partial charge is 0.303 e. The van der Waals surface area contributed by atoms with Crippen LogP contribution in [0.4, 0.5) is 10.1 Å². The summed E-state index contributed by atoms with van der Waals surface area (Å²) in [6, 6.07) is 15.1. The van der Waals surface area contributed by atoms with Crippen molar-refractivity contribution in [2.75, 3.05) is 18.4 Å². The van der Waals surface area contributed by atoms with Crippen LogP contribution in [0.15, 0.2) is 59.5 Å². The Hall–Kier alpha value is -3.68. The van der Waals surface area contributed by atoms with Crippen molar-refractivity contribution in [1.82, 2.24) is 9.88 Å². The number of benzene rings is 2. The number of carbonyl (C=O) groups is 2. The number of fused-ring (bicyclic) bond motifs is 1. The van der Waals surface area contributed by atoms with Gasteiger partial charge in [0.15, 0.2) is 0 Å². The van der Waals surface area contributed by atoms with Crippen LogP contribution in [0.3, 0.4) is 0 Å². The second kappa shape index (κ2) is 12.5. The predicted octanol–water partition coefficient (Wildman–Crippen LogP) is 5.36. The van der Waals surface area contributed by atoms with Crippen LogP contribution < -0.4 is 16.1 Å². The van der Waals surface area contributed by atoms with Crippen molar-refractivity contribution in [2.45, 2.75) is 57.4 Å². The normalized spacial score (nSPS) is 15.2. The number of pyridine rings is 1. The number of nitrogens with one attached hydrogen (secondary N) is 2. The van der Waals surface area contributed by atoms with Gasteiger partial charge in [0.25, 0.3) is 5.91 Å². The van der Waals surface area contributed by atoms with Gasteiger partial charge in [-0.1, -0.05) is 49.2 Å². The Morgan fingerprint density at radius 1 is 1.00 bits per heavy atom. The van der Waals surface area contributed by atoms with Crippen LogP contribution >= 0.6 is 0 Å². The van der Waals surface area contributed by atoms with Gasteiger partial charge in [-0.05, 0) is 50.2 Å². The second-order valence-corrected chi connectivity index (χ2v) is 9.80. The minimum Gasteiger partial charge on any atom is -0.481 e. The maximum absolute atomic E-state index is 14.8. The highest BCUT2D eigenvalue weighted by molar-refractivity contribution is 5.97. The number of anilines is 1. The molecule has 2 aliphatic carbocycles. The van der Waals surface area contributed by atoms with Crippen LogP contribution in [0.25, 0.3) is 10.9 Å². The lowest BCUT2D eigenvalue weighted by molar-refractivity contribution is -0.137. The molecule has 2 aliphatic rings. The Balaban J connectivity index is 0.000000469. The van der Waals surface area contributed by atoms with Crippen molar-refractivity contribution in [2.24, 2.45) is 5.92 Å². The number of carboxylic acid groups (broad SMARTS) is 1. The van der Waals surface area contributed by atoms with Gasteiger partial charge in [-0.3, -0.25) is 14.4 Å². The van der Waals surface area contributed by atoms with Crippen molar-refractivity contribution in [3.63, 3.8) is 0 Å². The molecule has 0 bridgehead atoms. The van der Waals surface area contributed by atoms with Crippen LogP contribution in [0, 0.1) is 11.7 Å². The Morgan fingerprint density at radius 3 is 2.24 bits per heavy atom. The standard InChI is InChI=1S/C23H28FN3O4.C6H6/c24-18-10-16-20(11-19(18)26-12-14-7-8-14)27(15-4-1-2-5-15)13-17(22(16)30)23(31)25-9-3-6-21(28)29;1-2-4-6-5-3-1/h10-11,13-15,26H,1-9,12H2,(H,25,31)(H,28,29);1-6H. The number of hydrogen-bond acceptors (Lipinski definition) is 4. The highest BCUT2D eigenvalue weighted by atomic mass is 19.1. The summed E-state index contributed by atoms with van der Waals surface area (Å²) >= 11 is 0. The van der Waals surface area contributed by atoms with E-state index < -0.39 is 23.1 Å². The molecular weight excluding hydrogens is 473 g/mol. The van der Waals surface area contributed by atoms with E-state index in [2.05, 4.69) is 10.6 Å². The van der Waals surface area contributed by atoms with E-state index in [9.17, 15) is 18.8 Å². The maximum atomic E-state index is 14.8. The number of hydrogen-bond donors (Lipinski definition) is 3. The van der Waals surface area contributed by atoms with Crippen LogP contribution in [0.5, 0.6) is 0 Å². The molecule has 1 heterocycles. The first-order valence-electron chi connectivity index (χ1n) is 13.1. The number of aromatic nitrogens is 1. The molecule has 1 aromatic heterocycles. The molecular formula is C29H34FN3O4. The fraction of sp³-hybridized carbons (Fsp3) is 0.414. The zero-order chi connectivity index (χ0) is 26.2. The van der Waals surface area contributed by atoms with E-state index in [1.807, 2.05) is 41.0 Å². The van der Waals surface area contributed by atoms with Crippen molar-refractivity contribution >= 4 is 28.5 Å². The number of aliphatic carboxylic acids is 1. The second-order valence-electron chi connectivity index (χ2n) is 9.80. The third-order valence-corrected chi connectivity index (χ3v) is 6.88.